The molecule has 0 spiro atoms. The molecule has 1 aromatic carbocycles. The molecule has 0 N–H and O–H groups in total. The number of amides is 1. The molecule has 0 aliphatic heterocycles. The highest BCUT2D eigenvalue weighted by molar-refractivity contribution is 5.96. The molecule has 0 aliphatic carbocycles. The lowest BCUT2D eigenvalue weighted by Crippen LogP contribution is -2.41. The highest BCUT2D eigenvalue weighted by Gasteiger charge is 2.43. The number of halogens is 3. The van der Waals surface area contributed by atoms with Gasteiger partial charge in [0, 0.05) is 12.6 Å². The maximum Gasteiger partial charge on any atom is 0.471 e. The number of benzene rings is 1. The molecule has 0 bridgehead atoms. The van der Waals surface area contributed by atoms with Crippen LogP contribution in [0, 0.1) is 0 Å². The number of alkyl halides is 3. The molecule has 4 nitrogen and oxygen atoms in total. The summed E-state index contributed by atoms with van der Waals surface area (Å²) in [6.45, 7) is 0.437. The molecule has 2 aromatic rings. The van der Waals surface area contributed by atoms with E-state index in [2.05, 4.69) is 12.1 Å². The molecule has 7 heteroatoms. The number of hydrogen-bond donors (Lipinski definition) is 0. The molecule has 154 valence electrons. The zero-order valence-corrected chi connectivity index (χ0v) is 16.3. The molecule has 28 heavy (non-hydrogen) atoms. The van der Waals surface area contributed by atoms with Gasteiger partial charge >= 0.3 is 12.1 Å². The van der Waals surface area contributed by atoms with Crippen molar-refractivity contribution < 1.29 is 22.4 Å². The average Bonchev–Trinajstić information content (AvgIpc) is 3.08. The van der Waals surface area contributed by atoms with Crippen LogP contribution in [0.4, 0.5) is 19.1 Å². The lowest BCUT2D eigenvalue weighted by Gasteiger charge is -2.21. The number of carbonyl (C=O) groups excluding carboxylic acids is 1. The summed E-state index contributed by atoms with van der Waals surface area (Å²) in [6.07, 6.45) is -0.891. The Morgan fingerprint density at radius 1 is 0.964 bits per heavy atom. The molecule has 1 heterocycles. The third-order valence-electron chi connectivity index (χ3n) is 4.31. The number of anilines is 1. The first-order valence-corrected chi connectivity index (χ1v) is 9.43. The van der Waals surface area contributed by atoms with E-state index in [9.17, 15) is 18.0 Å². The summed E-state index contributed by atoms with van der Waals surface area (Å²) < 4.78 is 44.4. The lowest BCUT2D eigenvalue weighted by molar-refractivity contribution is -0.170. The number of nitrogens with zero attached hydrogens (tertiary/aromatic N) is 2. The predicted octanol–water partition coefficient (Wildman–Crippen LogP) is 5.04. The molecule has 1 aromatic heterocycles. The molecule has 0 saturated carbocycles. The van der Waals surface area contributed by atoms with Crippen molar-refractivity contribution in [1.29, 1.82) is 0 Å². The minimum absolute atomic E-state index is 0.0153. The van der Waals surface area contributed by atoms with Gasteiger partial charge in [-0.15, -0.1) is 0 Å². The largest absolute Gasteiger partial charge is 0.471 e. The maximum atomic E-state index is 13.0. The average molecular weight is 396 g/mol. The summed E-state index contributed by atoms with van der Waals surface area (Å²) >= 11 is 0. The van der Waals surface area contributed by atoms with Gasteiger partial charge in [0.2, 0.25) is 5.88 Å². The van der Waals surface area contributed by atoms with Gasteiger partial charge in [0.05, 0.1) is 6.54 Å². The van der Waals surface area contributed by atoms with E-state index in [1.165, 1.54) is 11.6 Å². The van der Waals surface area contributed by atoms with Crippen molar-refractivity contribution in [3.8, 4) is 0 Å². The Labute approximate surface area is 163 Å². The number of unbranched alkanes of at least 4 members (excludes halogenated alkanes) is 3. The zero-order valence-electron chi connectivity index (χ0n) is 16.3. The first kappa shape index (κ1) is 22.0. The Morgan fingerprint density at radius 2 is 1.64 bits per heavy atom. The smallest absolute Gasteiger partial charge is 0.444 e. The van der Waals surface area contributed by atoms with Gasteiger partial charge in [0.25, 0.3) is 0 Å². The summed E-state index contributed by atoms with van der Waals surface area (Å²) in [7, 11) is 3.66. The normalized spacial score (nSPS) is 11.8. The van der Waals surface area contributed by atoms with Crippen molar-refractivity contribution >= 4 is 11.8 Å². The quantitative estimate of drug-likeness (QED) is 0.528. The highest BCUT2D eigenvalue weighted by Crippen LogP contribution is 2.26. The van der Waals surface area contributed by atoms with Gasteiger partial charge in [-0.05, 0) is 45.0 Å². The van der Waals surface area contributed by atoms with Crippen LogP contribution in [-0.2, 0) is 17.8 Å². The minimum Gasteiger partial charge on any atom is -0.444 e. The van der Waals surface area contributed by atoms with E-state index in [0.717, 1.165) is 25.7 Å². The van der Waals surface area contributed by atoms with Crippen LogP contribution < -0.4 is 4.90 Å². The van der Waals surface area contributed by atoms with Crippen LogP contribution in [0.5, 0.6) is 0 Å². The van der Waals surface area contributed by atoms with Crippen molar-refractivity contribution in [3.63, 3.8) is 0 Å². The van der Waals surface area contributed by atoms with Crippen LogP contribution in [0.2, 0.25) is 0 Å². The second-order valence-corrected chi connectivity index (χ2v) is 7.08. The number of furan rings is 1. The van der Waals surface area contributed by atoms with Crippen LogP contribution in [0.15, 0.2) is 46.9 Å². The molecule has 0 unspecified atom stereocenters. The predicted molar refractivity (Wildman–Crippen MR) is 103 cm³/mol. The minimum atomic E-state index is -4.93. The van der Waals surface area contributed by atoms with E-state index in [0.29, 0.717) is 23.6 Å². The van der Waals surface area contributed by atoms with E-state index in [4.69, 9.17) is 4.42 Å². The van der Waals surface area contributed by atoms with Crippen LogP contribution in [0.25, 0.3) is 0 Å². The molecule has 1 amide bonds. The van der Waals surface area contributed by atoms with Gasteiger partial charge in [-0.3, -0.25) is 9.69 Å². The van der Waals surface area contributed by atoms with E-state index in [1.54, 1.807) is 6.07 Å². The standard InChI is InChI=1S/C21H27F3N2O2/c1-25(2)16-18-13-14-19(28-18)26(20(27)21(22,23)24)15-9-4-3-6-10-17-11-7-5-8-12-17/h5,7-8,11-14H,3-4,6,9-10,15-16H2,1-2H3. The van der Waals surface area contributed by atoms with Gasteiger partial charge in [0.15, 0.2) is 0 Å². The van der Waals surface area contributed by atoms with Crippen LogP contribution >= 0.6 is 0 Å². The SMILES string of the molecule is CN(C)Cc1ccc(N(CCCCCCc2ccccc2)C(=O)C(F)(F)F)o1. The second kappa shape index (κ2) is 10.3. The highest BCUT2D eigenvalue weighted by atomic mass is 19.4. The van der Waals surface area contributed by atoms with Gasteiger partial charge in [-0.1, -0.05) is 43.2 Å². The number of rotatable bonds is 10. The van der Waals surface area contributed by atoms with Crippen molar-refractivity contribution in [2.75, 3.05) is 25.5 Å². The summed E-state index contributed by atoms with van der Waals surface area (Å²) in [4.78, 5) is 14.4. The fourth-order valence-corrected chi connectivity index (χ4v) is 2.97. The zero-order chi connectivity index (χ0) is 20.6. The van der Waals surface area contributed by atoms with Crippen molar-refractivity contribution in [2.24, 2.45) is 0 Å². The van der Waals surface area contributed by atoms with E-state index in [-0.39, 0.29) is 12.4 Å². The third kappa shape index (κ3) is 7.03. The molecule has 0 aliphatic rings. The van der Waals surface area contributed by atoms with Gasteiger partial charge in [-0.2, -0.15) is 13.2 Å². The van der Waals surface area contributed by atoms with Crippen LogP contribution in [0.1, 0.15) is 37.0 Å². The Morgan fingerprint density at radius 3 is 2.29 bits per heavy atom. The van der Waals surface area contributed by atoms with Crippen molar-refractivity contribution in [3.05, 3.63) is 53.8 Å². The molecule has 2 rings (SSSR count). The number of carbonyl (C=O) groups is 1. The molecular formula is C21H27F3N2O2. The number of hydrogen-bond acceptors (Lipinski definition) is 3. The summed E-state index contributed by atoms with van der Waals surface area (Å²) in [5, 5.41) is 0. The molecular weight excluding hydrogens is 369 g/mol. The van der Waals surface area contributed by atoms with Crippen LogP contribution in [-0.4, -0.2) is 37.6 Å². The summed E-state index contributed by atoms with van der Waals surface area (Å²) in [5.41, 5.74) is 1.25. The van der Waals surface area contributed by atoms with E-state index < -0.39 is 12.1 Å². The van der Waals surface area contributed by atoms with Gasteiger partial charge in [-0.25, -0.2) is 0 Å². The first-order valence-electron chi connectivity index (χ1n) is 9.43. The first-order chi connectivity index (χ1) is 13.3. The Bertz CT molecular complexity index is 727. The topological polar surface area (TPSA) is 36.7 Å². The van der Waals surface area contributed by atoms with Crippen molar-refractivity contribution in [1.82, 2.24) is 4.90 Å². The molecule has 0 saturated heterocycles. The summed E-state index contributed by atoms with van der Waals surface area (Å²) in [6, 6.07) is 13.1. The van der Waals surface area contributed by atoms with Crippen LogP contribution in [0.3, 0.4) is 0 Å². The fraction of sp³-hybridized carbons (Fsp3) is 0.476. The van der Waals surface area contributed by atoms with E-state index >= 15 is 0 Å². The summed E-state index contributed by atoms with van der Waals surface area (Å²) in [5.74, 6) is -1.42. The number of aryl methyl sites for hydroxylation is 1. The van der Waals surface area contributed by atoms with E-state index in [1.807, 2.05) is 37.2 Å². The van der Waals surface area contributed by atoms with Gasteiger partial charge in [0.1, 0.15) is 5.76 Å². The fourth-order valence-electron chi connectivity index (χ4n) is 2.97. The van der Waals surface area contributed by atoms with Gasteiger partial charge < -0.3 is 9.32 Å². The molecule has 0 fully saturated rings. The Kier molecular flexibility index (Phi) is 8.11. The maximum absolute atomic E-state index is 13.0. The Balaban J connectivity index is 1.87. The Hall–Kier alpha value is -2.28. The van der Waals surface area contributed by atoms with Crippen molar-refractivity contribution in [2.45, 2.75) is 44.8 Å². The molecule has 0 atom stereocenters. The molecule has 0 radical (unpaired) electrons. The lowest BCUT2D eigenvalue weighted by atomic mass is 10.1. The monoisotopic (exact) mass is 396 g/mol. The second-order valence-electron chi connectivity index (χ2n) is 7.08. The third-order valence-corrected chi connectivity index (χ3v) is 4.31.